The Bertz CT molecular complexity index is 1020. The minimum Gasteiger partial charge on any atom is -0.311 e. The number of hydrogen-bond acceptors (Lipinski definition) is 4. The molecule has 0 saturated carbocycles. The van der Waals surface area contributed by atoms with Crippen molar-refractivity contribution in [3.63, 3.8) is 0 Å². The summed E-state index contributed by atoms with van der Waals surface area (Å²) in [5, 5.41) is 1.24. The van der Waals surface area contributed by atoms with Crippen LogP contribution in [0.1, 0.15) is 24.3 Å². The molecule has 2 aromatic carbocycles. The van der Waals surface area contributed by atoms with E-state index in [1.165, 1.54) is 12.1 Å². The second kappa shape index (κ2) is 8.08. The average molecular weight is 474 g/mol. The molecule has 2 aliphatic heterocycles. The number of carbonyl (C=O) groups is 1. The maximum Gasteiger partial charge on any atom is 0.261 e. The van der Waals surface area contributed by atoms with Crippen molar-refractivity contribution in [2.24, 2.45) is 0 Å². The zero-order chi connectivity index (χ0) is 20.8. The molecule has 2 aromatic rings. The van der Waals surface area contributed by atoms with E-state index in [1.807, 2.05) is 12.1 Å². The van der Waals surface area contributed by atoms with Crippen molar-refractivity contribution in [1.29, 1.82) is 0 Å². The summed E-state index contributed by atoms with van der Waals surface area (Å²) in [5.74, 6) is 0.331. The molecule has 0 unspecified atom stereocenters. The highest BCUT2D eigenvalue weighted by atomic mass is 35.7. The Hall–Kier alpha value is -1.31. The van der Waals surface area contributed by atoms with Crippen molar-refractivity contribution in [1.82, 2.24) is 4.90 Å². The van der Waals surface area contributed by atoms with Crippen LogP contribution in [-0.2, 0) is 13.8 Å². The zero-order valence-corrected chi connectivity index (χ0v) is 18.5. The summed E-state index contributed by atoms with van der Waals surface area (Å²) in [6, 6.07) is 11.5. The molecule has 0 spiro atoms. The molecule has 1 amide bonds. The van der Waals surface area contributed by atoms with Gasteiger partial charge in [-0.15, -0.1) is 0 Å². The number of amides is 1. The molecule has 0 bridgehead atoms. The molecule has 0 aliphatic carbocycles. The number of rotatable bonds is 4. The van der Waals surface area contributed by atoms with Gasteiger partial charge in [0.1, 0.15) is 0 Å². The monoisotopic (exact) mass is 472 g/mol. The normalized spacial score (nSPS) is 23.1. The van der Waals surface area contributed by atoms with Crippen LogP contribution in [0.5, 0.6) is 0 Å². The lowest BCUT2D eigenvalue weighted by Crippen LogP contribution is -2.40. The summed E-state index contributed by atoms with van der Waals surface area (Å²) >= 11 is 12.3. The molecule has 0 aromatic heterocycles. The van der Waals surface area contributed by atoms with Crippen molar-refractivity contribution >= 4 is 54.5 Å². The predicted octanol–water partition coefficient (Wildman–Crippen LogP) is 4.52. The third-order valence-electron chi connectivity index (χ3n) is 5.62. The van der Waals surface area contributed by atoms with Gasteiger partial charge in [0.25, 0.3) is 9.05 Å². The minimum absolute atomic E-state index is 0.0219. The first-order valence-corrected chi connectivity index (χ1v) is 12.3. The van der Waals surface area contributed by atoms with Crippen molar-refractivity contribution in [2.75, 3.05) is 24.5 Å². The largest absolute Gasteiger partial charge is 0.311 e. The molecular weight excluding hydrogens is 455 g/mol. The van der Waals surface area contributed by atoms with Crippen LogP contribution in [0, 0.1) is 0 Å². The fourth-order valence-corrected chi connectivity index (χ4v) is 5.51. The van der Waals surface area contributed by atoms with Crippen LogP contribution in [0.25, 0.3) is 0 Å². The van der Waals surface area contributed by atoms with E-state index >= 15 is 0 Å². The molecule has 2 atom stereocenters. The summed E-state index contributed by atoms with van der Waals surface area (Å²) in [6.45, 7) is 2.22. The SMILES string of the molecule is O=C1[C@@H](N2CC[C@H](c3cc(Cl)cc(Cl)c3)C2)CCN1c1ccc(S(=O)(=O)Cl)cc1. The Labute approximate surface area is 184 Å². The van der Waals surface area contributed by atoms with Gasteiger partial charge >= 0.3 is 0 Å². The van der Waals surface area contributed by atoms with Crippen LogP contribution in [0.4, 0.5) is 5.69 Å². The second-order valence-corrected chi connectivity index (χ2v) is 10.8. The third kappa shape index (κ3) is 4.42. The van der Waals surface area contributed by atoms with Gasteiger partial charge in [-0.25, -0.2) is 8.42 Å². The zero-order valence-electron chi connectivity index (χ0n) is 15.4. The van der Waals surface area contributed by atoms with E-state index in [0.717, 1.165) is 31.5 Å². The lowest BCUT2D eigenvalue weighted by Gasteiger charge is -2.23. The molecule has 0 radical (unpaired) electrons. The van der Waals surface area contributed by atoms with Gasteiger partial charge in [-0.2, -0.15) is 0 Å². The second-order valence-electron chi connectivity index (χ2n) is 7.41. The molecule has 4 rings (SSSR count). The predicted molar refractivity (Wildman–Crippen MR) is 116 cm³/mol. The first-order chi connectivity index (χ1) is 13.7. The standard InChI is InChI=1S/C20H19Cl3N2O3S/c21-15-9-14(10-16(22)11-15)13-5-7-24(12-13)19-6-8-25(20(19)26)17-1-3-18(4-2-17)29(23,27)28/h1-4,9-11,13,19H,5-8,12H2/t13-,19-/m0/s1. The third-order valence-corrected chi connectivity index (χ3v) is 7.43. The van der Waals surface area contributed by atoms with Gasteiger partial charge in [0.05, 0.1) is 10.9 Å². The van der Waals surface area contributed by atoms with E-state index in [-0.39, 0.29) is 16.8 Å². The summed E-state index contributed by atoms with van der Waals surface area (Å²) in [4.78, 5) is 17.0. The number of carbonyl (C=O) groups excluding carboxylic acids is 1. The van der Waals surface area contributed by atoms with E-state index < -0.39 is 9.05 Å². The van der Waals surface area contributed by atoms with Gasteiger partial charge in [0, 0.05) is 39.5 Å². The van der Waals surface area contributed by atoms with E-state index in [1.54, 1.807) is 23.1 Å². The van der Waals surface area contributed by atoms with Crippen molar-refractivity contribution in [3.8, 4) is 0 Å². The van der Waals surface area contributed by atoms with Gasteiger partial charge < -0.3 is 4.90 Å². The van der Waals surface area contributed by atoms with Gasteiger partial charge in [0.15, 0.2) is 0 Å². The minimum atomic E-state index is -3.78. The molecule has 2 fully saturated rings. The Balaban J connectivity index is 1.45. The quantitative estimate of drug-likeness (QED) is 0.613. The molecule has 2 saturated heterocycles. The van der Waals surface area contributed by atoms with Gasteiger partial charge in [-0.1, -0.05) is 23.2 Å². The van der Waals surface area contributed by atoms with Gasteiger partial charge in [0.2, 0.25) is 5.91 Å². The van der Waals surface area contributed by atoms with Crippen LogP contribution in [-0.4, -0.2) is 44.9 Å². The smallest absolute Gasteiger partial charge is 0.261 e. The number of benzene rings is 2. The molecule has 5 nitrogen and oxygen atoms in total. The Kier molecular flexibility index (Phi) is 5.84. The molecule has 2 heterocycles. The van der Waals surface area contributed by atoms with Crippen LogP contribution >= 0.6 is 33.9 Å². The van der Waals surface area contributed by atoms with Gasteiger partial charge in [-0.05, 0) is 73.3 Å². The molecule has 0 N–H and O–H groups in total. The first kappa shape index (κ1) is 20.9. The Morgan fingerprint density at radius 3 is 2.21 bits per heavy atom. The highest BCUT2D eigenvalue weighted by Crippen LogP contribution is 2.34. The van der Waals surface area contributed by atoms with Gasteiger partial charge in [-0.3, -0.25) is 9.69 Å². The molecule has 154 valence electrons. The van der Waals surface area contributed by atoms with Crippen LogP contribution in [0.2, 0.25) is 10.0 Å². The molecular formula is C20H19Cl3N2O3S. The Morgan fingerprint density at radius 2 is 1.59 bits per heavy atom. The lowest BCUT2D eigenvalue weighted by atomic mass is 9.98. The maximum atomic E-state index is 13.0. The molecule has 2 aliphatic rings. The lowest BCUT2D eigenvalue weighted by molar-refractivity contribution is -0.121. The van der Waals surface area contributed by atoms with Crippen LogP contribution in [0.15, 0.2) is 47.4 Å². The van der Waals surface area contributed by atoms with Crippen LogP contribution < -0.4 is 4.90 Å². The summed E-state index contributed by atoms with van der Waals surface area (Å²) in [7, 11) is 1.58. The summed E-state index contributed by atoms with van der Waals surface area (Å²) in [5.41, 5.74) is 1.78. The first-order valence-electron chi connectivity index (χ1n) is 9.28. The van der Waals surface area contributed by atoms with E-state index in [0.29, 0.717) is 28.2 Å². The molecule has 9 heteroatoms. The fourth-order valence-electron chi connectivity index (χ4n) is 4.20. The summed E-state index contributed by atoms with van der Waals surface area (Å²) < 4.78 is 22.8. The number of hydrogen-bond donors (Lipinski definition) is 0. The van der Waals surface area contributed by atoms with E-state index in [2.05, 4.69) is 4.90 Å². The Morgan fingerprint density at radius 1 is 0.931 bits per heavy atom. The van der Waals surface area contributed by atoms with Crippen molar-refractivity contribution in [3.05, 3.63) is 58.1 Å². The van der Waals surface area contributed by atoms with Crippen molar-refractivity contribution in [2.45, 2.75) is 29.7 Å². The van der Waals surface area contributed by atoms with E-state index in [9.17, 15) is 13.2 Å². The fraction of sp³-hybridized carbons (Fsp3) is 0.350. The average Bonchev–Trinajstić information content (AvgIpc) is 3.27. The van der Waals surface area contributed by atoms with Crippen LogP contribution in [0.3, 0.4) is 0 Å². The number of likely N-dealkylation sites (tertiary alicyclic amines) is 1. The number of halogens is 3. The number of anilines is 1. The summed E-state index contributed by atoms with van der Waals surface area (Å²) in [6.07, 6.45) is 1.68. The topological polar surface area (TPSA) is 57.7 Å². The van der Waals surface area contributed by atoms with E-state index in [4.69, 9.17) is 33.9 Å². The maximum absolute atomic E-state index is 13.0. The number of nitrogens with zero attached hydrogens (tertiary/aromatic N) is 2. The highest BCUT2D eigenvalue weighted by Gasteiger charge is 2.39. The van der Waals surface area contributed by atoms with Crippen molar-refractivity contribution < 1.29 is 13.2 Å². The highest BCUT2D eigenvalue weighted by molar-refractivity contribution is 8.13. The molecule has 29 heavy (non-hydrogen) atoms.